The van der Waals surface area contributed by atoms with Gasteiger partial charge in [0.2, 0.25) is 0 Å². The van der Waals surface area contributed by atoms with E-state index in [-0.39, 0.29) is 0 Å². The fourth-order valence-corrected chi connectivity index (χ4v) is 8.48. The van der Waals surface area contributed by atoms with Crippen molar-refractivity contribution in [3.8, 4) is 73.6 Å². The molecule has 0 saturated carbocycles. The van der Waals surface area contributed by atoms with Gasteiger partial charge in [-0.15, -0.1) is 0 Å². The van der Waals surface area contributed by atoms with Gasteiger partial charge in [-0.1, -0.05) is 164 Å². The van der Waals surface area contributed by atoms with Crippen LogP contribution in [0.4, 0.5) is 0 Å². The van der Waals surface area contributed by atoms with E-state index < -0.39 is 0 Å². The third kappa shape index (κ3) is 6.11. The smallest absolute Gasteiger partial charge is 0.180 e. The van der Waals surface area contributed by atoms with E-state index in [4.69, 9.17) is 29.3 Å². The lowest BCUT2D eigenvalue weighted by molar-refractivity contribution is 0.667. The predicted octanol–water partition coefficient (Wildman–Crippen LogP) is 13.7. The van der Waals surface area contributed by atoms with Crippen LogP contribution >= 0.6 is 0 Å². The van der Waals surface area contributed by atoms with Crippen molar-refractivity contribution in [3.05, 3.63) is 206 Å². The van der Waals surface area contributed by atoms with Crippen LogP contribution in [0.2, 0.25) is 0 Å². The lowest BCUT2D eigenvalue weighted by atomic mass is 10.0. The Morgan fingerprint density at radius 3 is 1.47 bits per heavy atom. The highest BCUT2D eigenvalue weighted by molar-refractivity contribution is 6.12. The minimum atomic E-state index is 0.613. The van der Waals surface area contributed by atoms with E-state index >= 15 is 0 Å². The number of benzene rings is 8. The average Bonchev–Trinajstić information content (AvgIpc) is 3.90. The lowest BCUT2D eigenvalue weighted by Gasteiger charge is -2.12. The van der Waals surface area contributed by atoms with Crippen molar-refractivity contribution < 1.29 is 4.42 Å². The molecule has 0 fully saturated rings. The van der Waals surface area contributed by atoms with Crippen LogP contribution < -0.4 is 0 Å². The van der Waals surface area contributed by atoms with Crippen LogP contribution in [0.3, 0.4) is 0 Å². The molecule has 0 unspecified atom stereocenters. The molecular formula is C55H34N6O. The Kier molecular flexibility index (Phi) is 8.35. The number of furan rings is 1. The highest BCUT2D eigenvalue weighted by Gasteiger charge is 2.20. The molecule has 7 nitrogen and oxygen atoms in total. The summed E-state index contributed by atoms with van der Waals surface area (Å²) in [6, 6.07) is 70.6. The maximum atomic E-state index is 6.56. The SMILES string of the molecule is c1ccc(-c2nc(-c3ccccc3)nc(-c3cccc(-n4c5ccccc5c5cc(-c6ccc7oc8c(-c9ccccc9)nc(-c9ccccc9)nc8c7c6)ccc54)c3)n2)cc1. The van der Waals surface area contributed by atoms with Crippen LogP contribution in [0.15, 0.2) is 211 Å². The topological polar surface area (TPSA) is 82.5 Å². The molecule has 4 aromatic heterocycles. The molecule has 0 radical (unpaired) electrons. The van der Waals surface area contributed by atoms with E-state index in [1.807, 2.05) is 109 Å². The monoisotopic (exact) mass is 794 g/mol. The van der Waals surface area contributed by atoms with Crippen LogP contribution in [0.1, 0.15) is 0 Å². The van der Waals surface area contributed by atoms with Gasteiger partial charge in [-0.05, 0) is 53.6 Å². The van der Waals surface area contributed by atoms with Crippen LogP contribution in [0.25, 0.3) is 117 Å². The fraction of sp³-hybridized carbons (Fsp3) is 0. The van der Waals surface area contributed by atoms with Crippen molar-refractivity contribution in [2.24, 2.45) is 0 Å². The molecule has 0 atom stereocenters. The van der Waals surface area contributed by atoms with Gasteiger partial charge in [0.25, 0.3) is 0 Å². The van der Waals surface area contributed by atoms with Gasteiger partial charge in [-0.3, -0.25) is 0 Å². The molecule has 8 aromatic carbocycles. The first-order valence-corrected chi connectivity index (χ1v) is 20.6. The summed E-state index contributed by atoms with van der Waals surface area (Å²) in [4.78, 5) is 25.1. The van der Waals surface area contributed by atoms with Crippen molar-refractivity contribution in [2.45, 2.75) is 0 Å². The van der Waals surface area contributed by atoms with E-state index in [2.05, 4.69) is 102 Å². The van der Waals surface area contributed by atoms with Crippen molar-refractivity contribution in [1.82, 2.24) is 29.5 Å². The molecule has 0 bridgehead atoms. The maximum Gasteiger partial charge on any atom is 0.180 e. The molecule has 290 valence electrons. The predicted molar refractivity (Wildman–Crippen MR) is 250 cm³/mol. The van der Waals surface area contributed by atoms with Crippen molar-refractivity contribution in [1.29, 1.82) is 0 Å². The quantitative estimate of drug-likeness (QED) is 0.160. The van der Waals surface area contributed by atoms with E-state index in [0.29, 0.717) is 28.9 Å². The zero-order valence-electron chi connectivity index (χ0n) is 33.2. The molecule has 62 heavy (non-hydrogen) atoms. The van der Waals surface area contributed by atoms with Gasteiger partial charge in [-0.25, -0.2) is 24.9 Å². The fourth-order valence-electron chi connectivity index (χ4n) is 8.48. The molecule has 0 aliphatic rings. The van der Waals surface area contributed by atoms with Crippen molar-refractivity contribution in [3.63, 3.8) is 0 Å². The first-order valence-electron chi connectivity index (χ1n) is 20.6. The summed E-state index contributed by atoms with van der Waals surface area (Å²) in [6.45, 7) is 0. The Labute approximate surface area is 356 Å². The zero-order chi connectivity index (χ0) is 41.0. The second kappa shape index (κ2) is 14.6. The van der Waals surface area contributed by atoms with Crippen LogP contribution in [-0.2, 0) is 0 Å². The molecule has 4 heterocycles. The number of hydrogen-bond acceptors (Lipinski definition) is 6. The third-order valence-electron chi connectivity index (χ3n) is 11.5. The molecule has 0 aliphatic carbocycles. The number of fused-ring (bicyclic) bond motifs is 6. The molecular weight excluding hydrogens is 761 g/mol. The highest BCUT2D eigenvalue weighted by Crippen LogP contribution is 2.40. The minimum Gasteiger partial charge on any atom is -0.452 e. The van der Waals surface area contributed by atoms with Crippen LogP contribution in [0, 0.1) is 0 Å². The van der Waals surface area contributed by atoms with E-state index in [1.165, 1.54) is 0 Å². The zero-order valence-corrected chi connectivity index (χ0v) is 33.2. The van der Waals surface area contributed by atoms with E-state index in [0.717, 1.165) is 88.6 Å². The summed E-state index contributed by atoms with van der Waals surface area (Å²) < 4.78 is 8.89. The second-order valence-electron chi connectivity index (χ2n) is 15.3. The van der Waals surface area contributed by atoms with Gasteiger partial charge >= 0.3 is 0 Å². The number of para-hydroxylation sites is 1. The standard InChI is InChI=1S/C55H34N6O/c1-5-16-35(17-6-1)49-51-50(57-52(56-49)36-18-7-2-8-19-36)45-34-40(29-31-48(45)62-51)39-28-30-47-44(33-39)43-26-13-14-27-46(43)61(47)42-25-15-24-41(32-42)55-59-53(37-20-9-3-10-21-37)58-54(60-55)38-22-11-4-12-23-38/h1-34H. The molecule has 0 aliphatic heterocycles. The van der Waals surface area contributed by atoms with Gasteiger partial charge in [0.15, 0.2) is 28.9 Å². The first kappa shape index (κ1) is 35.4. The summed E-state index contributed by atoms with van der Waals surface area (Å²) in [7, 11) is 0. The summed E-state index contributed by atoms with van der Waals surface area (Å²) in [5, 5.41) is 3.26. The van der Waals surface area contributed by atoms with Gasteiger partial charge in [0.1, 0.15) is 16.8 Å². The van der Waals surface area contributed by atoms with Crippen molar-refractivity contribution in [2.75, 3.05) is 0 Å². The Balaban J connectivity index is 0.987. The molecule has 0 spiro atoms. The largest absolute Gasteiger partial charge is 0.452 e. The van der Waals surface area contributed by atoms with Gasteiger partial charge in [0.05, 0.1) is 11.0 Å². The number of hydrogen-bond donors (Lipinski definition) is 0. The van der Waals surface area contributed by atoms with Gasteiger partial charge in [-0.2, -0.15) is 0 Å². The Morgan fingerprint density at radius 2 is 0.823 bits per heavy atom. The third-order valence-corrected chi connectivity index (χ3v) is 11.5. The first-order chi connectivity index (χ1) is 30.7. The van der Waals surface area contributed by atoms with E-state index in [1.54, 1.807) is 0 Å². The lowest BCUT2D eigenvalue weighted by Crippen LogP contribution is -2.01. The Bertz CT molecular complexity index is 3560. The van der Waals surface area contributed by atoms with Gasteiger partial charge in [0, 0.05) is 49.7 Å². The Morgan fingerprint density at radius 1 is 0.323 bits per heavy atom. The second-order valence-corrected chi connectivity index (χ2v) is 15.3. The number of aromatic nitrogens is 6. The molecule has 0 saturated heterocycles. The van der Waals surface area contributed by atoms with Crippen LogP contribution in [-0.4, -0.2) is 29.5 Å². The summed E-state index contributed by atoms with van der Waals surface area (Å²) >= 11 is 0. The van der Waals surface area contributed by atoms with E-state index in [9.17, 15) is 0 Å². The molecule has 12 rings (SSSR count). The van der Waals surface area contributed by atoms with Crippen molar-refractivity contribution >= 4 is 43.9 Å². The summed E-state index contributed by atoms with van der Waals surface area (Å²) in [5.74, 6) is 2.53. The summed E-state index contributed by atoms with van der Waals surface area (Å²) in [5.41, 5.74) is 13.1. The maximum absolute atomic E-state index is 6.56. The highest BCUT2D eigenvalue weighted by atomic mass is 16.3. The molecule has 0 N–H and O–H groups in total. The summed E-state index contributed by atoms with van der Waals surface area (Å²) in [6.07, 6.45) is 0. The normalized spacial score (nSPS) is 11.5. The van der Waals surface area contributed by atoms with Gasteiger partial charge < -0.3 is 8.98 Å². The number of nitrogens with zero attached hydrogens (tertiary/aromatic N) is 6. The molecule has 7 heteroatoms. The number of rotatable bonds is 7. The average molecular weight is 795 g/mol. The Hall–Kier alpha value is -8.55. The molecule has 12 aromatic rings. The molecule has 0 amide bonds. The van der Waals surface area contributed by atoms with Crippen LogP contribution in [0.5, 0.6) is 0 Å². The minimum absolute atomic E-state index is 0.613.